The minimum Gasteiger partial charge on any atom is -0.418 e. The van der Waals surface area contributed by atoms with Crippen LogP contribution in [0.4, 0.5) is 16.2 Å². The number of nitrogens with zero attached hydrogens (tertiary/aromatic N) is 4. The van der Waals surface area contributed by atoms with Gasteiger partial charge in [-0.2, -0.15) is 0 Å². The van der Waals surface area contributed by atoms with E-state index < -0.39 is 6.16 Å². The second-order valence-electron chi connectivity index (χ2n) is 12.7. The van der Waals surface area contributed by atoms with Gasteiger partial charge in [0.1, 0.15) is 13.5 Å². The molecule has 0 aliphatic carbocycles. The van der Waals surface area contributed by atoms with E-state index in [2.05, 4.69) is 132 Å². The summed E-state index contributed by atoms with van der Waals surface area (Å²) in [6.45, 7) is 15.9. The van der Waals surface area contributed by atoms with Crippen LogP contribution in [0.1, 0.15) is 22.3 Å². The van der Waals surface area contributed by atoms with Crippen molar-refractivity contribution in [3.05, 3.63) is 107 Å². The maximum atomic E-state index is 12.5. The van der Waals surface area contributed by atoms with E-state index in [0.29, 0.717) is 0 Å². The molecule has 0 amide bonds. The Morgan fingerprint density at radius 1 is 0.542 bits per heavy atom. The van der Waals surface area contributed by atoms with Crippen molar-refractivity contribution in [3.63, 3.8) is 0 Å². The van der Waals surface area contributed by atoms with Gasteiger partial charge in [-0.25, -0.2) is 4.79 Å². The van der Waals surface area contributed by atoms with Crippen LogP contribution in [0.15, 0.2) is 105 Å². The number of carbonyl (C=O) groups is 1. The topological polar surface area (TPSA) is 48.5 Å². The van der Waals surface area contributed by atoms with Crippen LogP contribution >= 0.6 is 23.5 Å². The number of aryl methyl sites for hydroxylation is 4. The van der Waals surface area contributed by atoms with Gasteiger partial charge in [-0.1, -0.05) is 83.2 Å². The van der Waals surface area contributed by atoms with Crippen molar-refractivity contribution in [2.75, 3.05) is 75.6 Å². The molecule has 0 spiro atoms. The molecule has 0 saturated carbocycles. The molecule has 0 N–H and O–H groups in total. The van der Waals surface area contributed by atoms with E-state index in [4.69, 9.17) is 9.47 Å². The zero-order chi connectivity index (χ0) is 33.5. The minimum absolute atomic E-state index is 0.244. The van der Waals surface area contributed by atoms with E-state index in [1.807, 2.05) is 23.5 Å². The Hall–Kier alpha value is -3.63. The number of carbonyl (C=O) groups excluding carboxylic acids is 1. The highest BCUT2D eigenvalue weighted by Gasteiger charge is 2.23. The third-order valence-electron chi connectivity index (χ3n) is 8.99. The Morgan fingerprint density at radius 2 is 0.938 bits per heavy atom. The smallest absolute Gasteiger partial charge is 0.418 e. The van der Waals surface area contributed by atoms with Gasteiger partial charge in [0.15, 0.2) is 0 Å². The standard InChI is InChI=1S/C39H46N4O3S2/c1-29-13-15-35(31(3)25-29)47-37-11-7-5-9-33(37)42-21-17-40(18-22-42)27-45-39(44)46-28-41-19-23-43(24-20-41)34-10-6-8-12-38(34)48-36-16-14-30(2)26-32(36)4/h5-16,25-26H,17-24,27-28H2,1-4H3. The molecule has 4 aromatic carbocycles. The Balaban J connectivity index is 0.917. The van der Waals surface area contributed by atoms with Crippen LogP contribution in [-0.4, -0.2) is 81.8 Å². The van der Waals surface area contributed by atoms with E-state index in [1.54, 1.807) is 0 Å². The van der Waals surface area contributed by atoms with Gasteiger partial charge in [-0.3, -0.25) is 9.80 Å². The van der Waals surface area contributed by atoms with Crippen LogP contribution in [-0.2, 0) is 9.47 Å². The monoisotopic (exact) mass is 682 g/mol. The normalized spacial score (nSPS) is 15.8. The third kappa shape index (κ3) is 8.88. The van der Waals surface area contributed by atoms with E-state index >= 15 is 0 Å². The predicted octanol–water partition coefficient (Wildman–Crippen LogP) is 8.24. The first-order valence-corrected chi connectivity index (χ1v) is 18.4. The van der Waals surface area contributed by atoms with Gasteiger partial charge in [0, 0.05) is 71.9 Å². The van der Waals surface area contributed by atoms with Crippen molar-refractivity contribution >= 4 is 41.1 Å². The molecule has 0 aromatic heterocycles. The average molecular weight is 683 g/mol. The van der Waals surface area contributed by atoms with Gasteiger partial charge >= 0.3 is 6.16 Å². The number of benzene rings is 4. The van der Waals surface area contributed by atoms with Gasteiger partial charge in [-0.05, 0) is 75.2 Å². The highest BCUT2D eigenvalue weighted by atomic mass is 32.2. The average Bonchev–Trinajstić information content (AvgIpc) is 3.10. The Labute approximate surface area is 294 Å². The fraction of sp³-hybridized carbons (Fsp3) is 0.359. The molecular formula is C39H46N4O3S2. The molecule has 4 aromatic rings. The highest BCUT2D eigenvalue weighted by Crippen LogP contribution is 2.38. The van der Waals surface area contributed by atoms with Crippen LogP contribution in [0.25, 0.3) is 0 Å². The summed E-state index contributed by atoms with van der Waals surface area (Å²) in [5, 5.41) is 0. The first kappa shape index (κ1) is 34.2. The Kier molecular flexibility index (Phi) is 11.5. The van der Waals surface area contributed by atoms with E-state index in [1.165, 1.54) is 53.2 Å². The second kappa shape index (κ2) is 16.2. The summed E-state index contributed by atoms with van der Waals surface area (Å²) < 4.78 is 11.0. The molecular weight excluding hydrogens is 637 g/mol. The quantitative estimate of drug-likeness (QED) is 0.154. The molecule has 2 heterocycles. The van der Waals surface area contributed by atoms with Gasteiger partial charge in [0.05, 0.1) is 11.4 Å². The molecule has 7 nitrogen and oxygen atoms in total. The lowest BCUT2D eigenvalue weighted by Crippen LogP contribution is -2.48. The zero-order valence-electron chi connectivity index (χ0n) is 28.5. The number of hydrogen-bond acceptors (Lipinski definition) is 9. The minimum atomic E-state index is -0.606. The first-order chi connectivity index (χ1) is 23.3. The van der Waals surface area contributed by atoms with Crippen molar-refractivity contribution in [2.45, 2.75) is 47.3 Å². The number of para-hydroxylation sites is 2. The van der Waals surface area contributed by atoms with Crippen molar-refractivity contribution < 1.29 is 14.3 Å². The van der Waals surface area contributed by atoms with E-state index in [0.717, 1.165) is 52.4 Å². The van der Waals surface area contributed by atoms with Crippen LogP contribution in [0, 0.1) is 27.7 Å². The summed E-state index contributed by atoms with van der Waals surface area (Å²) in [6, 6.07) is 30.5. The van der Waals surface area contributed by atoms with Gasteiger partial charge in [-0.15, -0.1) is 0 Å². The molecule has 2 fully saturated rings. The van der Waals surface area contributed by atoms with Crippen LogP contribution in [0.5, 0.6) is 0 Å². The third-order valence-corrected chi connectivity index (χ3v) is 11.5. The Morgan fingerprint density at radius 3 is 1.33 bits per heavy atom. The van der Waals surface area contributed by atoms with Gasteiger partial charge < -0.3 is 19.3 Å². The molecule has 0 radical (unpaired) electrons. The van der Waals surface area contributed by atoms with Gasteiger partial charge in [0.2, 0.25) is 0 Å². The molecule has 6 rings (SSSR count). The lowest BCUT2D eigenvalue weighted by molar-refractivity contribution is -0.0153. The second-order valence-corrected chi connectivity index (χ2v) is 14.9. The largest absolute Gasteiger partial charge is 0.510 e. The maximum absolute atomic E-state index is 12.5. The van der Waals surface area contributed by atoms with E-state index in [-0.39, 0.29) is 13.5 Å². The number of rotatable bonds is 10. The van der Waals surface area contributed by atoms with Crippen LogP contribution in [0.2, 0.25) is 0 Å². The van der Waals surface area contributed by atoms with Gasteiger partial charge in [0.25, 0.3) is 0 Å². The molecule has 2 aliphatic heterocycles. The summed E-state index contributed by atoms with van der Waals surface area (Å²) >= 11 is 3.65. The van der Waals surface area contributed by atoms with Crippen molar-refractivity contribution in [3.8, 4) is 0 Å². The summed E-state index contributed by atoms with van der Waals surface area (Å²) in [4.78, 5) is 26.8. The van der Waals surface area contributed by atoms with E-state index in [9.17, 15) is 4.79 Å². The molecule has 2 aliphatic rings. The summed E-state index contributed by atoms with van der Waals surface area (Å²) in [6.07, 6.45) is -0.606. The fourth-order valence-corrected chi connectivity index (χ4v) is 8.32. The summed E-state index contributed by atoms with van der Waals surface area (Å²) in [7, 11) is 0. The summed E-state index contributed by atoms with van der Waals surface area (Å²) in [5.41, 5.74) is 7.68. The lowest BCUT2D eigenvalue weighted by atomic mass is 10.2. The maximum Gasteiger partial charge on any atom is 0.510 e. The molecule has 9 heteroatoms. The molecule has 2 saturated heterocycles. The molecule has 0 unspecified atom stereocenters. The zero-order valence-corrected chi connectivity index (χ0v) is 30.1. The van der Waals surface area contributed by atoms with Crippen LogP contribution in [0.3, 0.4) is 0 Å². The fourth-order valence-electron chi connectivity index (χ4n) is 6.24. The van der Waals surface area contributed by atoms with Crippen LogP contribution < -0.4 is 9.80 Å². The number of piperazine rings is 2. The highest BCUT2D eigenvalue weighted by molar-refractivity contribution is 7.99. The summed E-state index contributed by atoms with van der Waals surface area (Å²) in [5.74, 6) is 0. The lowest BCUT2D eigenvalue weighted by Gasteiger charge is -2.37. The predicted molar refractivity (Wildman–Crippen MR) is 198 cm³/mol. The molecule has 0 atom stereocenters. The number of hydrogen-bond donors (Lipinski definition) is 0. The molecule has 48 heavy (non-hydrogen) atoms. The first-order valence-electron chi connectivity index (χ1n) is 16.7. The van der Waals surface area contributed by atoms with Crippen molar-refractivity contribution in [1.82, 2.24) is 9.80 Å². The SMILES string of the molecule is Cc1ccc(Sc2ccccc2N2CCN(COC(=O)OCN3CCN(c4ccccc4Sc4ccc(C)cc4C)CC3)CC2)c(C)c1. The van der Waals surface area contributed by atoms with Crippen molar-refractivity contribution in [1.29, 1.82) is 0 Å². The number of ether oxygens (including phenoxy) is 2. The molecule has 0 bridgehead atoms. The van der Waals surface area contributed by atoms with Crippen molar-refractivity contribution in [2.24, 2.45) is 0 Å². The Bertz CT molecular complexity index is 1580. The number of anilines is 2. The molecule has 252 valence electrons.